The highest BCUT2D eigenvalue weighted by Gasteiger charge is 2.43. The minimum atomic E-state index is -4.81. The Balaban J connectivity index is 1.45. The second-order valence-corrected chi connectivity index (χ2v) is 7.91. The van der Waals surface area contributed by atoms with Gasteiger partial charge in [0.05, 0.1) is 12.6 Å². The monoisotopic (exact) mass is 502 g/mol. The van der Waals surface area contributed by atoms with Gasteiger partial charge in [-0.3, -0.25) is 10.1 Å². The lowest BCUT2D eigenvalue weighted by atomic mass is 9.97. The second kappa shape index (κ2) is 9.09. The quantitative estimate of drug-likeness (QED) is 0.358. The van der Waals surface area contributed by atoms with Gasteiger partial charge in [0.1, 0.15) is 29.7 Å². The molecule has 186 valence electrons. The molecule has 1 aliphatic rings. The highest BCUT2D eigenvalue weighted by Crippen LogP contribution is 2.43. The molecule has 1 unspecified atom stereocenters. The number of hydrogen-bond donors (Lipinski definition) is 3. The van der Waals surface area contributed by atoms with Gasteiger partial charge in [-0.05, 0) is 6.07 Å². The first-order valence-electron chi connectivity index (χ1n) is 10.6. The second-order valence-electron chi connectivity index (χ2n) is 7.91. The average molecular weight is 502 g/mol. The number of halogens is 3. The van der Waals surface area contributed by atoms with Crippen LogP contribution in [0, 0.1) is 0 Å². The Hall–Kier alpha value is -4.23. The van der Waals surface area contributed by atoms with Gasteiger partial charge in [0.2, 0.25) is 11.6 Å². The SMILES string of the molecule is O=C(O)CNC1COc2cc(-c3noc(-c4onc(-c5ccccc5)c4C(F)(F)F)n3)ccc2[C@H]1O. The molecule has 0 bridgehead atoms. The van der Waals surface area contributed by atoms with E-state index in [9.17, 15) is 23.1 Å². The van der Waals surface area contributed by atoms with E-state index >= 15 is 0 Å². The molecule has 0 saturated heterocycles. The van der Waals surface area contributed by atoms with E-state index in [1.54, 1.807) is 18.2 Å². The molecule has 2 aromatic carbocycles. The van der Waals surface area contributed by atoms with Crippen molar-refractivity contribution in [3.63, 3.8) is 0 Å². The number of carboxylic acid groups (broad SMARTS) is 1. The van der Waals surface area contributed by atoms with Gasteiger partial charge in [-0.2, -0.15) is 18.2 Å². The van der Waals surface area contributed by atoms with Crippen molar-refractivity contribution < 1.29 is 42.0 Å². The van der Waals surface area contributed by atoms with Crippen LogP contribution in [0.3, 0.4) is 0 Å². The van der Waals surface area contributed by atoms with Crippen LogP contribution in [0.1, 0.15) is 17.2 Å². The summed E-state index contributed by atoms with van der Waals surface area (Å²) in [5, 5.41) is 29.4. The van der Waals surface area contributed by atoms with E-state index in [2.05, 4.69) is 20.6 Å². The summed E-state index contributed by atoms with van der Waals surface area (Å²) in [6, 6.07) is 11.7. The Bertz CT molecular complexity index is 1400. The minimum Gasteiger partial charge on any atom is -0.491 e. The topological polar surface area (TPSA) is 144 Å². The lowest BCUT2D eigenvalue weighted by molar-refractivity contribution is -0.137. The maximum absolute atomic E-state index is 13.9. The third-order valence-electron chi connectivity index (χ3n) is 5.55. The maximum Gasteiger partial charge on any atom is 0.422 e. The summed E-state index contributed by atoms with van der Waals surface area (Å²) in [7, 11) is 0. The van der Waals surface area contributed by atoms with Gasteiger partial charge in [-0.25, -0.2) is 0 Å². The van der Waals surface area contributed by atoms with Crippen LogP contribution in [-0.2, 0) is 11.0 Å². The molecule has 2 aromatic heterocycles. The molecule has 0 saturated carbocycles. The van der Waals surface area contributed by atoms with Crippen LogP contribution in [0.5, 0.6) is 5.75 Å². The number of benzene rings is 2. The molecule has 2 atom stereocenters. The number of rotatable bonds is 6. The fraction of sp³-hybridized carbons (Fsp3) is 0.217. The van der Waals surface area contributed by atoms with Crippen molar-refractivity contribution in [3.05, 3.63) is 59.7 Å². The molecule has 0 aliphatic carbocycles. The van der Waals surface area contributed by atoms with Crippen LogP contribution in [0.4, 0.5) is 13.2 Å². The van der Waals surface area contributed by atoms with Gasteiger partial charge in [0, 0.05) is 16.7 Å². The van der Waals surface area contributed by atoms with Gasteiger partial charge >= 0.3 is 12.1 Å². The molecule has 3 N–H and O–H groups in total. The molecule has 3 heterocycles. The summed E-state index contributed by atoms with van der Waals surface area (Å²) in [5.74, 6) is -2.04. The van der Waals surface area contributed by atoms with Crippen LogP contribution in [-0.4, -0.2) is 50.7 Å². The molecule has 4 aromatic rings. The lowest BCUT2D eigenvalue weighted by Crippen LogP contribution is -2.44. The predicted molar refractivity (Wildman–Crippen MR) is 116 cm³/mol. The van der Waals surface area contributed by atoms with E-state index < -0.39 is 47.2 Å². The lowest BCUT2D eigenvalue weighted by Gasteiger charge is -2.30. The molecular formula is C23H17F3N4O6. The number of carboxylic acids is 1. The van der Waals surface area contributed by atoms with E-state index in [0.717, 1.165) is 0 Å². The van der Waals surface area contributed by atoms with Crippen molar-refractivity contribution in [2.75, 3.05) is 13.2 Å². The molecule has 5 rings (SSSR count). The number of ether oxygens (including phenoxy) is 1. The minimum absolute atomic E-state index is 0.00232. The van der Waals surface area contributed by atoms with E-state index in [1.165, 1.54) is 30.3 Å². The number of alkyl halides is 3. The molecule has 0 radical (unpaired) electrons. The Morgan fingerprint density at radius 3 is 2.58 bits per heavy atom. The third kappa shape index (κ3) is 4.41. The molecule has 1 aliphatic heterocycles. The van der Waals surface area contributed by atoms with Crippen molar-refractivity contribution in [2.45, 2.75) is 18.3 Å². The number of nitrogens with one attached hydrogen (secondary N) is 1. The Morgan fingerprint density at radius 1 is 1.08 bits per heavy atom. The van der Waals surface area contributed by atoms with Crippen molar-refractivity contribution in [1.29, 1.82) is 0 Å². The predicted octanol–water partition coefficient (Wildman–Crippen LogP) is 3.55. The molecular weight excluding hydrogens is 485 g/mol. The first-order valence-corrected chi connectivity index (χ1v) is 10.6. The Morgan fingerprint density at radius 2 is 1.86 bits per heavy atom. The number of fused-ring (bicyclic) bond motifs is 1. The van der Waals surface area contributed by atoms with Crippen molar-refractivity contribution in [2.24, 2.45) is 0 Å². The van der Waals surface area contributed by atoms with Crippen LogP contribution < -0.4 is 10.1 Å². The molecule has 13 heteroatoms. The zero-order valence-electron chi connectivity index (χ0n) is 18.2. The van der Waals surface area contributed by atoms with E-state index in [-0.39, 0.29) is 24.5 Å². The number of hydrogen-bond acceptors (Lipinski definition) is 9. The summed E-state index contributed by atoms with van der Waals surface area (Å²) in [6.45, 7) is -0.352. The Kier molecular flexibility index (Phi) is 5.94. The van der Waals surface area contributed by atoms with E-state index in [4.69, 9.17) is 18.9 Å². The van der Waals surface area contributed by atoms with Gasteiger partial charge < -0.3 is 24.0 Å². The molecule has 36 heavy (non-hydrogen) atoms. The van der Waals surface area contributed by atoms with E-state index in [1.807, 2.05) is 0 Å². The number of aromatic nitrogens is 3. The number of nitrogens with zero attached hydrogens (tertiary/aromatic N) is 3. The first kappa shape index (κ1) is 23.5. The number of aliphatic hydroxyl groups excluding tert-OH is 1. The summed E-state index contributed by atoms with van der Waals surface area (Å²) in [5.41, 5.74) is -0.579. The summed E-state index contributed by atoms with van der Waals surface area (Å²) < 4.78 is 57.5. The fourth-order valence-electron chi connectivity index (χ4n) is 3.84. The fourth-order valence-corrected chi connectivity index (χ4v) is 3.84. The number of aliphatic carboxylic acids is 1. The van der Waals surface area contributed by atoms with Gasteiger partial charge in [-0.15, -0.1) is 0 Å². The van der Waals surface area contributed by atoms with Crippen LogP contribution in [0.15, 0.2) is 57.6 Å². The van der Waals surface area contributed by atoms with Crippen molar-refractivity contribution in [1.82, 2.24) is 20.6 Å². The molecule has 0 fully saturated rings. The third-order valence-corrected chi connectivity index (χ3v) is 5.55. The molecule has 0 spiro atoms. The maximum atomic E-state index is 13.9. The van der Waals surface area contributed by atoms with Crippen LogP contribution in [0.2, 0.25) is 0 Å². The zero-order valence-corrected chi connectivity index (χ0v) is 18.2. The van der Waals surface area contributed by atoms with Crippen molar-refractivity contribution in [3.8, 4) is 40.0 Å². The van der Waals surface area contributed by atoms with Crippen LogP contribution in [0.25, 0.3) is 34.3 Å². The average Bonchev–Trinajstić information content (AvgIpc) is 3.51. The van der Waals surface area contributed by atoms with Crippen molar-refractivity contribution >= 4 is 5.97 Å². The molecule has 10 nitrogen and oxygen atoms in total. The van der Waals surface area contributed by atoms with Gasteiger partial charge in [0.25, 0.3) is 5.89 Å². The summed E-state index contributed by atoms with van der Waals surface area (Å²) in [4.78, 5) is 14.8. The molecule has 0 amide bonds. The number of aliphatic hydroxyl groups is 1. The Labute approximate surface area is 200 Å². The van der Waals surface area contributed by atoms with Gasteiger partial charge in [0.15, 0.2) is 0 Å². The standard InChI is InChI=1S/C23H17F3N4O6/c24-23(25,26)17-18(11-4-2-1-3-5-11)29-35-20(17)22-28-21(30-36-22)12-6-7-13-15(8-12)34-10-14(19(13)33)27-9-16(31)32/h1-8,14,19,27,33H,9-10H2,(H,31,32)/t14?,19-/m1/s1. The van der Waals surface area contributed by atoms with E-state index in [0.29, 0.717) is 16.9 Å². The first-order chi connectivity index (χ1) is 17.2. The largest absolute Gasteiger partial charge is 0.491 e. The van der Waals surface area contributed by atoms with Crippen LogP contribution >= 0.6 is 0 Å². The normalized spacial score (nSPS) is 17.4. The summed E-state index contributed by atoms with van der Waals surface area (Å²) >= 11 is 0. The highest BCUT2D eigenvalue weighted by atomic mass is 19.4. The summed E-state index contributed by atoms with van der Waals surface area (Å²) in [6.07, 6.45) is -5.85. The van der Waals surface area contributed by atoms with Gasteiger partial charge in [-0.1, -0.05) is 52.8 Å². The highest BCUT2D eigenvalue weighted by molar-refractivity contribution is 5.71. The number of carbonyl (C=O) groups is 1. The smallest absolute Gasteiger partial charge is 0.422 e. The zero-order chi connectivity index (χ0) is 25.4.